The number of halogens is 1. The minimum atomic E-state index is -0.277. The van der Waals surface area contributed by atoms with Gasteiger partial charge in [0.2, 0.25) is 0 Å². The number of nitrogens with one attached hydrogen (secondary N) is 2. The Morgan fingerprint density at radius 3 is 2.59 bits per heavy atom. The van der Waals surface area contributed by atoms with Crippen LogP contribution in [0.1, 0.15) is 53.3 Å². The lowest BCUT2D eigenvalue weighted by molar-refractivity contribution is 0.0949. The molecule has 2 N–H and O–H groups in total. The average Bonchev–Trinajstić information content (AvgIpc) is 2.73. The zero-order chi connectivity index (χ0) is 20.6. The maximum absolute atomic E-state index is 12.7. The quantitative estimate of drug-likeness (QED) is 0.653. The van der Waals surface area contributed by atoms with Crippen LogP contribution < -0.4 is 10.6 Å². The normalized spacial score (nSPS) is 17.0. The number of anilines is 1. The number of carbonyl (C=O) groups excluding carboxylic acids is 2. The molecule has 5 nitrogen and oxygen atoms in total. The third-order valence-electron chi connectivity index (χ3n) is 5.37. The largest absolute Gasteiger partial charge is 0.352 e. The molecule has 2 aromatic rings. The van der Waals surface area contributed by atoms with Crippen LogP contribution in [0, 0.1) is 0 Å². The summed E-state index contributed by atoms with van der Waals surface area (Å²) in [6, 6.07) is 14.3. The van der Waals surface area contributed by atoms with Crippen molar-refractivity contribution in [3.8, 4) is 0 Å². The van der Waals surface area contributed by atoms with E-state index >= 15 is 0 Å². The summed E-state index contributed by atoms with van der Waals surface area (Å²) in [5, 5.41) is 6.37. The van der Waals surface area contributed by atoms with Crippen LogP contribution in [0.5, 0.6) is 0 Å². The molecule has 2 amide bonds. The second-order valence-electron chi connectivity index (χ2n) is 7.50. The topological polar surface area (TPSA) is 61.4 Å². The number of amides is 2. The van der Waals surface area contributed by atoms with E-state index in [1.807, 2.05) is 0 Å². The number of rotatable bonds is 7. The maximum atomic E-state index is 12.7. The van der Waals surface area contributed by atoms with E-state index in [9.17, 15) is 9.59 Å². The highest BCUT2D eigenvalue weighted by Gasteiger charge is 2.18. The van der Waals surface area contributed by atoms with Gasteiger partial charge in [-0.2, -0.15) is 0 Å². The third kappa shape index (κ3) is 6.05. The van der Waals surface area contributed by atoms with Crippen molar-refractivity contribution in [2.24, 2.45) is 0 Å². The van der Waals surface area contributed by atoms with Gasteiger partial charge in [-0.3, -0.25) is 9.59 Å². The van der Waals surface area contributed by atoms with Crippen LogP contribution in [-0.4, -0.2) is 42.4 Å². The minimum absolute atomic E-state index is 0.177. The van der Waals surface area contributed by atoms with Crippen molar-refractivity contribution in [1.29, 1.82) is 0 Å². The van der Waals surface area contributed by atoms with Gasteiger partial charge in [0.15, 0.2) is 0 Å². The molecule has 1 aliphatic rings. The zero-order valence-corrected chi connectivity index (χ0v) is 17.5. The van der Waals surface area contributed by atoms with Crippen LogP contribution in [0.15, 0.2) is 48.5 Å². The van der Waals surface area contributed by atoms with Crippen molar-refractivity contribution in [3.63, 3.8) is 0 Å². The standard InChI is InChI=1S/C23H28ClN3O2/c1-17-7-4-5-15-27(17)16-6-14-25-23(29)20-8-2-3-9-21(20)26-22(28)18-10-12-19(24)13-11-18/h2-3,8-13,17H,4-7,14-16H2,1H3,(H,25,29)(H,26,28)/t17-/m0/s1. The van der Waals surface area contributed by atoms with E-state index in [0.29, 0.717) is 34.4 Å². The van der Waals surface area contributed by atoms with Crippen molar-refractivity contribution in [2.75, 3.05) is 25.0 Å². The Morgan fingerprint density at radius 1 is 1.07 bits per heavy atom. The highest BCUT2D eigenvalue weighted by Crippen LogP contribution is 2.18. The Morgan fingerprint density at radius 2 is 1.83 bits per heavy atom. The van der Waals surface area contributed by atoms with Crippen LogP contribution in [0.4, 0.5) is 5.69 Å². The van der Waals surface area contributed by atoms with Gasteiger partial charge in [0, 0.05) is 29.7 Å². The summed E-state index contributed by atoms with van der Waals surface area (Å²) in [5.41, 5.74) is 1.44. The lowest BCUT2D eigenvalue weighted by Crippen LogP contribution is -2.39. The highest BCUT2D eigenvalue weighted by atomic mass is 35.5. The van der Waals surface area contributed by atoms with Crippen LogP contribution in [0.25, 0.3) is 0 Å². The van der Waals surface area contributed by atoms with Crippen molar-refractivity contribution < 1.29 is 9.59 Å². The summed E-state index contributed by atoms with van der Waals surface area (Å²) in [4.78, 5) is 27.6. The number of carbonyl (C=O) groups is 2. The van der Waals surface area contributed by atoms with E-state index < -0.39 is 0 Å². The van der Waals surface area contributed by atoms with Crippen LogP contribution in [0.2, 0.25) is 5.02 Å². The SMILES string of the molecule is C[C@H]1CCCCN1CCCNC(=O)c1ccccc1NC(=O)c1ccc(Cl)cc1. The van der Waals surface area contributed by atoms with Gasteiger partial charge in [0.25, 0.3) is 11.8 Å². The van der Waals surface area contributed by atoms with Gasteiger partial charge in [0.05, 0.1) is 11.3 Å². The van der Waals surface area contributed by atoms with Gasteiger partial charge in [-0.05, 0) is 69.1 Å². The second kappa shape index (κ2) is 10.4. The van der Waals surface area contributed by atoms with Gasteiger partial charge in [0.1, 0.15) is 0 Å². The predicted molar refractivity (Wildman–Crippen MR) is 118 cm³/mol. The van der Waals surface area contributed by atoms with Crippen molar-refractivity contribution >= 4 is 29.1 Å². The molecule has 3 rings (SSSR count). The average molecular weight is 414 g/mol. The van der Waals surface area contributed by atoms with Crippen molar-refractivity contribution in [1.82, 2.24) is 10.2 Å². The first-order valence-electron chi connectivity index (χ1n) is 10.2. The number of benzene rings is 2. The molecule has 0 aliphatic carbocycles. The van der Waals surface area contributed by atoms with Crippen LogP contribution in [-0.2, 0) is 0 Å². The van der Waals surface area contributed by atoms with Crippen molar-refractivity contribution in [2.45, 2.75) is 38.6 Å². The Hall–Kier alpha value is -2.37. The van der Waals surface area contributed by atoms with Gasteiger partial charge < -0.3 is 15.5 Å². The number of para-hydroxylation sites is 1. The summed E-state index contributed by atoms with van der Waals surface area (Å²) in [6.45, 7) is 5.03. The summed E-state index contributed by atoms with van der Waals surface area (Å²) in [5.74, 6) is -0.454. The molecule has 0 unspecified atom stereocenters. The Bertz CT molecular complexity index is 838. The smallest absolute Gasteiger partial charge is 0.255 e. The first kappa shape index (κ1) is 21.3. The van der Waals surface area contributed by atoms with E-state index in [0.717, 1.165) is 19.5 Å². The first-order chi connectivity index (χ1) is 14.0. The monoisotopic (exact) mass is 413 g/mol. The molecular weight excluding hydrogens is 386 g/mol. The van der Waals surface area contributed by atoms with E-state index in [4.69, 9.17) is 11.6 Å². The van der Waals surface area contributed by atoms with Gasteiger partial charge in [-0.15, -0.1) is 0 Å². The third-order valence-corrected chi connectivity index (χ3v) is 5.63. The summed E-state index contributed by atoms with van der Waals surface area (Å²) < 4.78 is 0. The molecule has 1 heterocycles. The molecule has 1 atom stereocenters. The van der Waals surface area contributed by atoms with Gasteiger partial charge >= 0.3 is 0 Å². The summed E-state index contributed by atoms with van der Waals surface area (Å²) in [6.07, 6.45) is 4.74. The molecule has 29 heavy (non-hydrogen) atoms. The van der Waals surface area contributed by atoms with Crippen LogP contribution >= 0.6 is 11.6 Å². The molecule has 154 valence electrons. The fraction of sp³-hybridized carbons (Fsp3) is 0.391. The number of piperidine rings is 1. The highest BCUT2D eigenvalue weighted by molar-refractivity contribution is 6.30. The molecule has 0 spiro atoms. The van der Waals surface area contributed by atoms with Gasteiger partial charge in [-0.25, -0.2) is 0 Å². The maximum Gasteiger partial charge on any atom is 0.255 e. The fourth-order valence-electron chi connectivity index (χ4n) is 3.65. The molecular formula is C23H28ClN3O2. The molecule has 6 heteroatoms. The molecule has 2 aromatic carbocycles. The van der Waals surface area contributed by atoms with E-state index in [-0.39, 0.29) is 11.8 Å². The van der Waals surface area contributed by atoms with E-state index in [1.54, 1.807) is 48.5 Å². The van der Waals surface area contributed by atoms with E-state index in [2.05, 4.69) is 22.5 Å². The molecule has 0 radical (unpaired) electrons. The molecule has 0 bridgehead atoms. The minimum Gasteiger partial charge on any atom is -0.352 e. The predicted octanol–water partition coefficient (Wildman–Crippen LogP) is 4.59. The lowest BCUT2D eigenvalue weighted by atomic mass is 10.0. The van der Waals surface area contributed by atoms with Gasteiger partial charge in [-0.1, -0.05) is 30.2 Å². The second-order valence-corrected chi connectivity index (χ2v) is 7.93. The molecule has 1 aliphatic heterocycles. The molecule has 1 fully saturated rings. The Balaban J connectivity index is 1.54. The summed E-state index contributed by atoms with van der Waals surface area (Å²) >= 11 is 5.87. The molecule has 1 saturated heterocycles. The zero-order valence-electron chi connectivity index (χ0n) is 16.8. The van der Waals surface area contributed by atoms with Crippen LogP contribution in [0.3, 0.4) is 0 Å². The first-order valence-corrected chi connectivity index (χ1v) is 10.6. The fourth-order valence-corrected chi connectivity index (χ4v) is 3.78. The van der Waals surface area contributed by atoms with E-state index in [1.165, 1.54) is 19.3 Å². The summed E-state index contributed by atoms with van der Waals surface area (Å²) in [7, 11) is 0. The van der Waals surface area contributed by atoms with Crippen molar-refractivity contribution in [3.05, 3.63) is 64.7 Å². The lowest BCUT2D eigenvalue weighted by Gasteiger charge is -2.33. The molecule has 0 aromatic heterocycles. The Kier molecular flexibility index (Phi) is 7.67. The molecule has 0 saturated carbocycles. The number of hydrogen-bond donors (Lipinski definition) is 2. The number of hydrogen-bond acceptors (Lipinski definition) is 3. The number of likely N-dealkylation sites (tertiary alicyclic amines) is 1. The Labute approximate surface area is 177 Å². The number of nitrogens with zero attached hydrogens (tertiary/aromatic N) is 1.